The zero-order valence-corrected chi connectivity index (χ0v) is 14.3. The molecule has 4 nitrogen and oxygen atoms in total. The first kappa shape index (κ1) is 15.3. The molecule has 24 heavy (non-hydrogen) atoms. The SMILES string of the molecule is Cc1ccc(C(N)C(=O)Nc2ccc3nc(C4CC4)sc3c2)cc1. The Hall–Kier alpha value is -2.24. The number of aromatic nitrogens is 1. The highest BCUT2D eigenvalue weighted by atomic mass is 32.1. The Kier molecular flexibility index (Phi) is 3.82. The number of carbonyl (C=O) groups is 1. The average molecular weight is 337 g/mol. The van der Waals surface area contributed by atoms with Crippen molar-refractivity contribution in [1.82, 2.24) is 4.98 Å². The van der Waals surface area contributed by atoms with E-state index in [1.165, 1.54) is 17.8 Å². The van der Waals surface area contributed by atoms with Crippen LogP contribution in [0.4, 0.5) is 5.69 Å². The van der Waals surface area contributed by atoms with Crippen molar-refractivity contribution in [2.24, 2.45) is 5.73 Å². The van der Waals surface area contributed by atoms with Crippen molar-refractivity contribution in [2.75, 3.05) is 5.32 Å². The molecule has 0 saturated heterocycles. The third kappa shape index (κ3) is 3.05. The summed E-state index contributed by atoms with van der Waals surface area (Å²) < 4.78 is 1.11. The number of carbonyl (C=O) groups excluding carboxylic acids is 1. The van der Waals surface area contributed by atoms with E-state index < -0.39 is 6.04 Å². The number of hydrogen-bond acceptors (Lipinski definition) is 4. The molecule has 2 aromatic carbocycles. The molecule has 122 valence electrons. The normalized spacial score (nSPS) is 15.4. The van der Waals surface area contributed by atoms with Crippen LogP contribution < -0.4 is 11.1 Å². The number of amides is 1. The van der Waals surface area contributed by atoms with Gasteiger partial charge in [-0.2, -0.15) is 0 Å². The van der Waals surface area contributed by atoms with Gasteiger partial charge in [-0.25, -0.2) is 4.98 Å². The average Bonchev–Trinajstić information content (AvgIpc) is 3.34. The third-order valence-corrected chi connectivity index (χ3v) is 5.50. The Labute approximate surface area is 144 Å². The van der Waals surface area contributed by atoms with Crippen LogP contribution in [-0.2, 0) is 4.79 Å². The fraction of sp³-hybridized carbons (Fsp3) is 0.263. The highest BCUT2D eigenvalue weighted by Gasteiger charge is 2.27. The van der Waals surface area contributed by atoms with Crippen molar-refractivity contribution >= 4 is 33.1 Å². The van der Waals surface area contributed by atoms with E-state index in [-0.39, 0.29) is 5.91 Å². The standard InChI is InChI=1S/C19H19N3OS/c1-11-2-4-12(5-3-11)17(20)18(23)21-14-8-9-15-16(10-14)24-19(22-15)13-6-7-13/h2-5,8-10,13,17H,6-7,20H2,1H3,(H,21,23). The van der Waals surface area contributed by atoms with Crippen molar-refractivity contribution in [1.29, 1.82) is 0 Å². The molecular weight excluding hydrogens is 318 g/mol. The monoisotopic (exact) mass is 337 g/mol. The van der Waals surface area contributed by atoms with Crippen LogP contribution in [0.1, 0.15) is 40.9 Å². The number of nitrogens with zero attached hydrogens (tertiary/aromatic N) is 1. The maximum Gasteiger partial charge on any atom is 0.245 e. The van der Waals surface area contributed by atoms with E-state index in [1.54, 1.807) is 11.3 Å². The minimum Gasteiger partial charge on any atom is -0.324 e. The summed E-state index contributed by atoms with van der Waals surface area (Å²) in [5, 5.41) is 4.13. The number of thiazole rings is 1. The number of fused-ring (bicyclic) bond motifs is 1. The first-order valence-corrected chi connectivity index (χ1v) is 8.95. The molecule has 0 radical (unpaired) electrons. The fourth-order valence-electron chi connectivity index (χ4n) is 2.67. The van der Waals surface area contributed by atoms with Gasteiger partial charge in [0.25, 0.3) is 0 Å². The van der Waals surface area contributed by atoms with Crippen LogP contribution in [0.15, 0.2) is 42.5 Å². The molecule has 1 aliphatic rings. The van der Waals surface area contributed by atoms with Gasteiger partial charge in [0.1, 0.15) is 6.04 Å². The Balaban J connectivity index is 1.52. The summed E-state index contributed by atoms with van der Waals surface area (Å²) >= 11 is 1.72. The Bertz CT molecular complexity index is 897. The molecule has 1 atom stereocenters. The second-order valence-electron chi connectivity index (χ2n) is 6.39. The summed E-state index contributed by atoms with van der Waals surface area (Å²) in [5.74, 6) is 0.445. The predicted molar refractivity (Wildman–Crippen MR) is 98.3 cm³/mol. The van der Waals surface area contributed by atoms with E-state index in [2.05, 4.69) is 10.3 Å². The lowest BCUT2D eigenvalue weighted by molar-refractivity contribution is -0.117. The van der Waals surface area contributed by atoms with Crippen molar-refractivity contribution < 1.29 is 4.79 Å². The molecule has 1 heterocycles. The first-order chi connectivity index (χ1) is 11.6. The highest BCUT2D eigenvalue weighted by molar-refractivity contribution is 7.18. The molecule has 1 unspecified atom stereocenters. The van der Waals surface area contributed by atoms with Crippen LogP contribution in [-0.4, -0.2) is 10.9 Å². The number of benzene rings is 2. The molecule has 1 aliphatic carbocycles. The van der Waals surface area contributed by atoms with E-state index in [4.69, 9.17) is 5.73 Å². The Morgan fingerprint density at radius 1 is 1.25 bits per heavy atom. The first-order valence-electron chi connectivity index (χ1n) is 8.13. The summed E-state index contributed by atoms with van der Waals surface area (Å²) in [6.07, 6.45) is 2.49. The molecule has 1 fully saturated rings. The third-order valence-electron chi connectivity index (χ3n) is 4.32. The Morgan fingerprint density at radius 3 is 2.71 bits per heavy atom. The number of rotatable bonds is 4. The smallest absolute Gasteiger partial charge is 0.245 e. The zero-order valence-electron chi connectivity index (χ0n) is 13.5. The lowest BCUT2D eigenvalue weighted by atomic mass is 10.1. The van der Waals surface area contributed by atoms with Gasteiger partial charge >= 0.3 is 0 Å². The molecule has 3 aromatic rings. The number of hydrogen-bond donors (Lipinski definition) is 2. The van der Waals surface area contributed by atoms with E-state index in [0.29, 0.717) is 5.92 Å². The topological polar surface area (TPSA) is 68.0 Å². The largest absolute Gasteiger partial charge is 0.324 e. The second kappa shape index (κ2) is 6.00. The Morgan fingerprint density at radius 2 is 2.00 bits per heavy atom. The molecule has 0 spiro atoms. The van der Waals surface area contributed by atoms with Crippen molar-refractivity contribution in [3.63, 3.8) is 0 Å². The van der Waals surface area contributed by atoms with Gasteiger partial charge in [0, 0.05) is 11.6 Å². The number of anilines is 1. The summed E-state index contributed by atoms with van der Waals surface area (Å²) in [6.45, 7) is 2.01. The van der Waals surface area contributed by atoms with Crippen LogP contribution in [0, 0.1) is 6.92 Å². The number of aryl methyl sites for hydroxylation is 1. The van der Waals surface area contributed by atoms with E-state index >= 15 is 0 Å². The van der Waals surface area contributed by atoms with Gasteiger partial charge in [-0.3, -0.25) is 4.79 Å². The van der Waals surface area contributed by atoms with Crippen molar-refractivity contribution in [2.45, 2.75) is 31.7 Å². The predicted octanol–water partition coefficient (Wildman–Crippen LogP) is 4.12. The zero-order chi connectivity index (χ0) is 16.7. The van der Waals surface area contributed by atoms with Crippen LogP contribution in [0.25, 0.3) is 10.2 Å². The minimum atomic E-state index is -0.676. The quantitative estimate of drug-likeness (QED) is 0.752. The van der Waals surface area contributed by atoms with E-state index in [9.17, 15) is 4.79 Å². The van der Waals surface area contributed by atoms with E-state index in [0.717, 1.165) is 27.0 Å². The van der Waals surface area contributed by atoms with Crippen molar-refractivity contribution in [3.8, 4) is 0 Å². The van der Waals surface area contributed by atoms with Crippen LogP contribution in [0.3, 0.4) is 0 Å². The fourth-order valence-corrected chi connectivity index (χ4v) is 3.85. The van der Waals surface area contributed by atoms with Gasteiger partial charge in [0.15, 0.2) is 0 Å². The van der Waals surface area contributed by atoms with E-state index in [1.807, 2.05) is 49.4 Å². The molecular formula is C19H19N3OS. The molecule has 0 bridgehead atoms. The van der Waals surface area contributed by atoms with Gasteiger partial charge in [0.05, 0.1) is 15.2 Å². The van der Waals surface area contributed by atoms with Gasteiger partial charge in [0.2, 0.25) is 5.91 Å². The molecule has 1 saturated carbocycles. The van der Waals surface area contributed by atoms with Crippen LogP contribution in [0.5, 0.6) is 0 Å². The molecule has 5 heteroatoms. The number of nitrogens with one attached hydrogen (secondary N) is 1. The van der Waals surface area contributed by atoms with Crippen LogP contribution >= 0.6 is 11.3 Å². The minimum absolute atomic E-state index is 0.204. The lowest BCUT2D eigenvalue weighted by Crippen LogP contribution is -2.27. The summed E-state index contributed by atoms with van der Waals surface area (Å²) in [6, 6.07) is 12.9. The molecule has 1 amide bonds. The lowest BCUT2D eigenvalue weighted by Gasteiger charge is -2.13. The van der Waals surface area contributed by atoms with Gasteiger partial charge in [-0.15, -0.1) is 11.3 Å². The number of nitrogens with two attached hydrogens (primary N) is 1. The summed E-state index contributed by atoms with van der Waals surface area (Å²) in [5.41, 5.74) is 9.81. The molecule has 3 N–H and O–H groups in total. The maximum absolute atomic E-state index is 12.4. The summed E-state index contributed by atoms with van der Waals surface area (Å²) in [7, 11) is 0. The molecule has 0 aliphatic heterocycles. The van der Waals surface area contributed by atoms with Crippen LogP contribution in [0.2, 0.25) is 0 Å². The van der Waals surface area contributed by atoms with Gasteiger partial charge < -0.3 is 11.1 Å². The van der Waals surface area contributed by atoms with Gasteiger partial charge in [-0.1, -0.05) is 29.8 Å². The van der Waals surface area contributed by atoms with Crippen molar-refractivity contribution in [3.05, 3.63) is 58.6 Å². The maximum atomic E-state index is 12.4. The molecule has 4 rings (SSSR count). The van der Waals surface area contributed by atoms with Gasteiger partial charge in [-0.05, 0) is 43.5 Å². The molecule has 1 aromatic heterocycles. The summed E-state index contributed by atoms with van der Waals surface area (Å²) in [4.78, 5) is 17.1. The second-order valence-corrected chi connectivity index (χ2v) is 7.45. The highest BCUT2D eigenvalue weighted by Crippen LogP contribution is 2.43.